The Morgan fingerprint density at radius 1 is 1.30 bits per heavy atom. The van der Waals surface area contributed by atoms with E-state index in [4.69, 9.17) is 4.74 Å². The predicted octanol–water partition coefficient (Wildman–Crippen LogP) is 4.15. The highest BCUT2D eigenvalue weighted by Crippen LogP contribution is 2.37. The third-order valence-corrected chi connectivity index (χ3v) is 4.08. The number of rotatable bonds is 3. The fourth-order valence-corrected chi connectivity index (χ4v) is 2.85. The highest BCUT2D eigenvalue weighted by molar-refractivity contribution is 14.1. The maximum Gasteiger partial charge on any atom is 0.339 e. The van der Waals surface area contributed by atoms with Crippen LogP contribution in [-0.2, 0) is 4.74 Å². The molecular weight excluding hydrogens is 367 g/mol. The Morgan fingerprint density at radius 3 is 2.55 bits per heavy atom. The van der Waals surface area contributed by atoms with Gasteiger partial charge in [-0.25, -0.2) is 4.79 Å². The maximum atomic E-state index is 12.2. The maximum absolute atomic E-state index is 12.2. The molecule has 0 saturated heterocycles. The third kappa shape index (κ3) is 2.80. The van der Waals surface area contributed by atoms with Crippen LogP contribution in [0.2, 0.25) is 0 Å². The summed E-state index contributed by atoms with van der Waals surface area (Å²) >= 11 is 2.05. The second-order valence-electron chi connectivity index (χ2n) is 4.36. The monoisotopic (exact) mass is 382 g/mol. The molecular formula is C16H15IO3. The first kappa shape index (κ1) is 14.8. The fourth-order valence-electron chi connectivity index (χ4n) is 2.12. The Labute approximate surface area is 131 Å². The van der Waals surface area contributed by atoms with E-state index in [1.54, 1.807) is 19.9 Å². The highest BCUT2D eigenvalue weighted by atomic mass is 127. The second-order valence-corrected chi connectivity index (χ2v) is 5.44. The van der Waals surface area contributed by atoms with E-state index in [0.29, 0.717) is 21.3 Å². The number of phenolic OH excluding ortho intramolecular Hbond substituents is 1. The van der Waals surface area contributed by atoms with Crippen LogP contribution in [0.1, 0.15) is 22.8 Å². The van der Waals surface area contributed by atoms with E-state index in [1.165, 1.54) is 0 Å². The molecule has 4 heteroatoms. The minimum absolute atomic E-state index is 0.176. The average molecular weight is 382 g/mol. The van der Waals surface area contributed by atoms with E-state index in [9.17, 15) is 9.90 Å². The number of aromatic hydroxyl groups is 1. The lowest BCUT2D eigenvalue weighted by atomic mass is 9.95. The van der Waals surface area contributed by atoms with Gasteiger partial charge in [0.2, 0.25) is 0 Å². The van der Waals surface area contributed by atoms with Crippen LogP contribution in [0.3, 0.4) is 0 Å². The van der Waals surface area contributed by atoms with Gasteiger partial charge in [0.1, 0.15) is 5.75 Å². The van der Waals surface area contributed by atoms with Gasteiger partial charge in [-0.2, -0.15) is 0 Å². The van der Waals surface area contributed by atoms with Gasteiger partial charge in [-0.1, -0.05) is 30.3 Å². The number of hydrogen-bond acceptors (Lipinski definition) is 3. The number of esters is 1. The van der Waals surface area contributed by atoms with E-state index in [2.05, 4.69) is 22.6 Å². The summed E-state index contributed by atoms with van der Waals surface area (Å²) in [6.07, 6.45) is 0. The van der Waals surface area contributed by atoms with Crippen LogP contribution in [0.4, 0.5) is 0 Å². The van der Waals surface area contributed by atoms with Gasteiger partial charge in [0, 0.05) is 5.56 Å². The number of carbonyl (C=O) groups is 1. The first-order valence-electron chi connectivity index (χ1n) is 6.30. The van der Waals surface area contributed by atoms with Gasteiger partial charge >= 0.3 is 5.97 Å². The smallest absolute Gasteiger partial charge is 0.339 e. The Hall–Kier alpha value is -1.56. The summed E-state index contributed by atoms with van der Waals surface area (Å²) in [5.41, 5.74) is 2.83. The number of carbonyl (C=O) groups excluding carboxylic acids is 1. The van der Waals surface area contributed by atoms with E-state index in [0.717, 1.165) is 11.1 Å². The van der Waals surface area contributed by atoms with Crippen LogP contribution >= 0.6 is 22.6 Å². The third-order valence-electron chi connectivity index (χ3n) is 2.98. The Kier molecular flexibility index (Phi) is 4.65. The molecule has 3 nitrogen and oxygen atoms in total. The standard InChI is InChI=1S/C16H15IO3/c1-3-20-16(19)13-10(2)9-12(18)15(17)14(13)11-7-5-4-6-8-11/h4-9,18H,3H2,1-2H3. The number of phenols is 1. The number of aryl methyl sites for hydroxylation is 1. The summed E-state index contributed by atoms with van der Waals surface area (Å²) in [7, 11) is 0. The van der Waals surface area contributed by atoms with Crippen molar-refractivity contribution in [3.8, 4) is 16.9 Å². The second kappa shape index (κ2) is 6.26. The van der Waals surface area contributed by atoms with Gasteiger partial charge in [-0.05, 0) is 53.6 Å². The molecule has 0 aliphatic rings. The van der Waals surface area contributed by atoms with Crippen molar-refractivity contribution in [3.63, 3.8) is 0 Å². The first-order chi connectivity index (χ1) is 9.56. The van der Waals surface area contributed by atoms with Crippen LogP contribution in [0.15, 0.2) is 36.4 Å². The van der Waals surface area contributed by atoms with E-state index < -0.39 is 0 Å². The van der Waals surface area contributed by atoms with E-state index in [-0.39, 0.29) is 11.7 Å². The summed E-state index contributed by atoms with van der Waals surface area (Å²) in [4.78, 5) is 12.2. The van der Waals surface area contributed by atoms with Crippen molar-refractivity contribution in [2.75, 3.05) is 6.61 Å². The van der Waals surface area contributed by atoms with Crippen molar-refractivity contribution >= 4 is 28.6 Å². The molecule has 2 rings (SSSR count). The Morgan fingerprint density at radius 2 is 1.95 bits per heavy atom. The number of ether oxygens (including phenoxy) is 1. The predicted molar refractivity (Wildman–Crippen MR) is 87.0 cm³/mol. The van der Waals surface area contributed by atoms with Crippen LogP contribution < -0.4 is 0 Å². The topological polar surface area (TPSA) is 46.5 Å². The molecule has 2 aromatic rings. The first-order valence-corrected chi connectivity index (χ1v) is 7.38. The van der Waals surface area contributed by atoms with Crippen molar-refractivity contribution in [1.82, 2.24) is 0 Å². The molecule has 1 N–H and O–H groups in total. The molecule has 0 fully saturated rings. The van der Waals surface area contributed by atoms with Gasteiger partial charge in [-0.3, -0.25) is 0 Å². The molecule has 0 saturated carbocycles. The molecule has 0 atom stereocenters. The van der Waals surface area contributed by atoms with E-state index >= 15 is 0 Å². The van der Waals surface area contributed by atoms with Crippen molar-refractivity contribution < 1.29 is 14.6 Å². The van der Waals surface area contributed by atoms with Crippen molar-refractivity contribution in [2.45, 2.75) is 13.8 Å². The molecule has 0 amide bonds. The molecule has 0 aliphatic carbocycles. The molecule has 20 heavy (non-hydrogen) atoms. The molecule has 0 heterocycles. The quantitative estimate of drug-likeness (QED) is 0.641. The molecule has 0 bridgehead atoms. The van der Waals surface area contributed by atoms with Gasteiger partial charge in [0.15, 0.2) is 0 Å². The molecule has 0 aromatic heterocycles. The lowest BCUT2D eigenvalue weighted by Gasteiger charge is -2.15. The number of benzene rings is 2. The van der Waals surface area contributed by atoms with Crippen LogP contribution in [0, 0.1) is 10.5 Å². The van der Waals surface area contributed by atoms with Gasteiger partial charge < -0.3 is 9.84 Å². The normalized spacial score (nSPS) is 10.3. The summed E-state index contributed by atoms with van der Waals surface area (Å²) in [6.45, 7) is 3.90. The van der Waals surface area contributed by atoms with Crippen molar-refractivity contribution in [1.29, 1.82) is 0 Å². The summed E-state index contributed by atoms with van der Waals surface area (Å²) < 4.78 is 5.80. The average Bonchev–Trinajstić information content (AvgIpc) is 2.43. The largest absolute Gasteiger partial charge is 0.507 e. The number of halogens is 1. The molecule has 0 radical (unpaired) electrons. The minimum Gasteiger partial charge on any atom is -0.507 e. The zero-order chi connectivity index (χ0) is 14.7. The van der Waals surface area contributed by atoms with Crippen LogP contribution in [0.5, 0.6) is 5.75 Å². The summed E-state index contributed by atoms with van der Waals surface area (Å²) in [5, 5.41) is 10.0. The molecule has 0 aliphatic heterocycles. The zero-order valence-electron chi connectivity index (χ0n) is 11.3. The molecule has 104 valence electrons. The summed E-state index contributed by atoms with van der Waals surface area (Å²) in [5.74, 6) is -0.184. The Bertz CT molecular complexity index is 636. The van der Waals surface area contributed by atoms with Gasteiger partial charge in [-0.15, -0.1) is 0 Å². The van der Waals surface area contributed by atoms with E-state index in [1.807, 2.05) is 30.3 Å². The Balaban J connectivity index is 2.73. The SMILES string of the molecule is CCOC(=O)c1c(C)cc(O)c(I)c1-c1ccccc1. The fraction of sp³-hybridized carbons (Fsp3) is 0.188. The minimum atomic E-state index is -0.359. The lowest BCUT2D eigenvalue weighted by Crippen LogP contribution is -2.10. The van der Waals surface area contributed by atoms with Crippen molar-refractivity contribution in [2.24, 2.45) is 0 Å². The highest BCUT2D eigenvalue weighted by Gasteiger charge is 2.21. The van der Waals surface area contributed by atoms with Crippen LogP contribution in [-0.4, -0.2) is 17.7 Å². The number of hydrogen-bond donors (Lipinski definition) is 1. The zero-order valence-corrected chi connectivity index (χ0v) is 13.5. The molecule has 0 spiro atoms. The van der Waals surface area contributed by atoms with Crippen molar-refractivity contribution in [3.05, 3.63) is 51.1 Å². The van der Waals surface area contributed by atoms with Crippen LogP contribution in [0.25, 0.3) is 11.1 Å². The van der Waals surface area contributed by atoms with Gasteiger partial charge in [0.25, 0.3) is 0 Å². The van der Waals surface area contributed by atoms with Gasteiger partial charge in [0.05, 0.1) is 15.7 Å². The summed E-state index contributed by atoms with van der Waals surface area (Å²) in [6, 6.07) is 11.1. The lowest BCUT2D eigenvalue weighted by molar-refractivity contribution is 0.0526. The molecule has 0 unspecified atom stereocenters. The molecule has 2 aromatic carbocycles.